The molecule has 17 heavy (non-hydrogen) atoms. The maximum Gasteiger partial charge on any atom is 0.338 e. The minimum atomic E-state index is -0.471. The van der Waals surface area contributed by atoms with Crippen molar-refractivity contribution in [3.05, 3.63) is 40.2 Å². The number of H-pyrrole nitrogens is 1. The first-order chi connectivity index (χ1) is 8.15. The maximum absolute atomic E-state index is 11.6. The molecule has 2 aromatic rings. The lowest BCUT2D eigenvalue weighted by Crippen LogP contribution is -2.07. The summed E-state index contributed by atoms with van der Waals surface area (Å²) >= 11 is 0. The minimum absolute atomic E-state index is 0.235. The quantitative estimate of drug-likeness (QED) is 0.794. The van der Waals surface area contributed by atoms with Crippen LogP contribution in [0.1, 0.15) is 10.4 Å². The molecule has 88 valence electrons. The predicted molar refractivity (Wildman–Crippen MR) is 62.5 cm³/mol. The van der Waals surface area contributed by atoms with Gasteiger partial charge in [0, 0.05) is 17.5 Å². The molecule has 0 aliphatic rings. The Morgan fingerprint density at radius 2 is 2.00 bits per heavy atom. The molecule has 5 nitrogen and oxygen atoms in total. The average molecular weight is 233 g/mol. The molecule has 1 N–H and O–H groups in total. The van der Waals surface area contributed by atoms with Crippen molar-refractivity contribution in [3.8, 4) is 5.75 Å². The van der Waals surface area contributed by atoms with Crippen molar-refractivity contribution in [3.63, 3.8) is 0 Å². The monoisotopic (exact) mass is 233 g/mol. The van der Waals surface area contributed by atoms with E-state index in [1.807, 2.05) is 0 Å². The van der Waals surface area contributed by atoms with Gasteiger partial charge in [0.1, 0.15) is 5.75 Å². The summed E-state index contributed by atoms with van der Waals surface area (Å²) < 4.78 is 9.76. The molecular weight excluding hydrogens is 222 g/mol. The van der Waals surface area contributed by atoms with Crippen LogP contribution in [0.4, 0.5) is 0 Å². The molecule has 0 aliphatic heterocycles. The topological polar surface area (TPSA) is 68.4 Å². The zero-order chi connectivity index (χ0) is 12.4. The number of pyridine rings is 1. The first-order valence-corrected chi connectivity index (χ1v) is 4.95. The number of rotatable bonds is 2. The summed E-state index contributed by atoms with van der Waals surface area (Å²) in [4.78, 5) is 25.5. The molecule has 1 aromatic heterocycles. The minimum Gasteiger partial charge on any atom is -0.497 e. The highest BCUT2D eigenvalue weighted by molar-refractivity contribution is 6.04. The summed E-state index contributed by atoms with van der Waals surface area (Å²) in [5.74, 6) is 0.0145. The largest absolute Gasteiger partial charge is 0.497 e. The Labute approximate surface area is 97.0 Å². The number of nitrogens with one attached hydrogen (secondary N) is 1. The summed E-state index contributed by atoms with van der Waals surface area (Å²) in [5, 5.41) is 0.622. The number of hydrogen-bond donors (Lipinski definition) is 1. The van der Waals surface area contributed by atoms with Crippen molar-refractivity contribution in [2.75, 3.05) is 14.2 Å². The van der Waals surface area contributed by atoms with Gasteiger partial charge in [0.2, 0.25) is 5.56 Å². The maximum atomic E-state index is 11.6. The zero-order valence-electron chi connectivity index (χ0n) is 9.44. The van der Waals surface area contributed by atoms with Gasteiger partial charge in [-0.25, -0.2) is 4.79 Å². The standard InChI is InChI=1S/C12H11NO4/c1-16-7-5-9(12(15)17-2)8-3-4-11(14)13-10(8)6-7/h3-6H,1-2H3,(H,13,14). The van der Waals surface area contributed by atoms with Gasteiger partial charge in [-0.15, -0.1) is 0 Å². The number of aromatic amines is 1. The Bertz CT molecular complexity index is 630. The molecule has 1 aromatic carbocycles. The second kappa shape index (κ2) is 4.29. The van der Waals surface area contributed by atoms with Crippen molar-refractivity contribution >= 4 is 16.9 Å². The average Bonchev–Trinajstić information content (AvgIpc) is 2.35. The van der Waals surface area contributed by atoms with Crippen LogP contribution in [-0.4, -0.2) is 25.2 Å². The molecule has 0 fully saturated rings. The number of hydrogen-bond acceptors (Lipinski definition) is 4. The molecule has 0 radical (unpaired) electrons. The Hall–Kier alpha value is -2.30. The number of benzene rings is 1. The van der Waals surface area contributed by atoms with Crippen LogP contribution in [0.15, 0.2) is 29.1 Å². The zero-order valence-corrected chi connectivity index (χ0v) is 9.44. The van der Waals surface area contributed by atoms with Crippen molar-refractivity contribution < 1.29 is 14.3 Å². The fourth-order valence-corrected chi connectivity index (χ4v) is 1.64. The van der Waals surface area contributed by atoms with Crippen molar-refractivity contribution in [1.82, 2.24) is 4.98 Å². The van der Waals surface area contributed by atoms with Crippen LogP contribution in [0.5, 0.6) is 5.75 Å². The Morgan fingerprint density at radius 1 is 1.24 bits per heavy atom. The molecule has 0 atom stereocenters. The molecule has 0 amide bonds. The van der Waals surface area contributed by atoms with E-state index in [2.05, 4.69) is 9.72 Å². The van der Waals surface area contributed by atoms with E-state index in [1.54, 1.807) is 18.2 Å². The number of carbonyl (C=O) groups excluding carboxylic acids is 1. The van der Waals surface area contributed by atoms with Gasteiger partial charge in [0.25, 0.3) is 0 Å². The molecule has 0 saturated carbocycles. The summed E-state index contributed by atoms with van der Waals surface area (Å²) in [7, 11) is 2.79. The first kappa shape index (κ1) is 11.2. The normalized spacial score (nSPS) is 10.2. The third-order valence-corrected chi connectivity index (χ3v) is 2.45. The van der Waals surface area contributed by atoms with Crippen molar-refractivity contribution in [2.45, 2.75) is 0 Å². The van der Waals surface area contributed by atoms with Gasteiger partial charge < -0.3 is 14.5 Å². The summed E-state index contributed by atoms with van der Waals surface area (Å²) in [6, 6.07) is 6.18. The van der Waals surface area contributed by atoms with Gasteiger partial charge in [0.05, 0.1) is 25.3 Å². The van der Waals surface area contributed by atoms with E-state index in [9.17, 15) is 9.59 Å². The summed E-state index contributed by atoms with van der Waals surface area (Å²) in [6.07, 6.45) is 0. The third kappa shape index (κ3) is 1.99. The molecule has 5 heteroatoms. The van der Waals surface area contributed by atoms with E-state index < -0.39 is 5.97 Å². The third-order valence-electron chi connectivity index (χ3n) is 2.45. The number of methoxy groups -OCH3 is 2. The molecule has 0 spiro atoms. The van der Waals surface area contributed by atoms with Crippen molar-refractivity contribution in [2.24, 2.45) is 0 Å². The lowest BCUT2D eigenvalue weighted by atomic mass is 10.1. The van der Waals surface area contributed by atoms with Crippen LogP contribution in [0, 0.1) is 0 Å². The van der Waals surface area contributed by atoms with Gasteiger partial charge in [-0.2, -0.15) is 0 Å². The van der Waals surface area contributed by atoms with Crippen LogP contribution in [-0.2, 0) is 4.74 Å². The predicted octanol–water partition coefficient (Wildman–Crippen LogP) is 1.32. The fraction of sp³-hybridized carbons (Fsp3) is 0.167. The number of ether oxygens (including phenoxy) is 2. The summed E-state index contributed by atoms with van der Waals surface area (Å²) in [6.45, 7) is 0. The number of esters is 1. The van der Waals surface area contributed by atoms with Crippen LogP contribution in [0.2, 0.25) is 0 Å². The van der Waals surface area contributed by atoms with Crippen LogP contribution < -0.4 is 10.3 Å². The molecule has 0 unspecified atom stereocenters. The first-order valence-electron chi connectivity index (χ1n) is 4.95. The second-order valence-electron chi connectivity index (χ2n) is 3.45. The van der Waals surface area contributed by atoms with E-state index in [1.165, 1.54) is 20.3 Å². The van der Waals surface area contributed by atoms with Gasteiger partial charge in [-0.05, 0) is 12.1 Å². The number of aromatic nitrogens is 1. The van der Waals surface area contributed by atoms with Crippen molar-refractivity contribution in [1.29, 1.82) is 0 Å². The smallest absolute Gasteiger partial charge is 0.338 e. The number of carbonyl (C=O) groups is 1. The van der Waals surface area contributed by atoms with E-state index in [0.29, 0.717) is 22.2 Å². The van der Waals surface area contributed by atoms with E-state index >= 15 is 0 Å². The fourth-order valence-electron chi connectivity index (χ4n) is 1.64. The highest BCUT2D eigenvalue weighted by Crippen LogP contribution is 2.23. The van der Waals surface area contributed by atoms with Crippen LogP contribution in [0.3, 0.4) is 0 Å². The van der Waals surface area contributed by atoms with Gasteiger partial charge in [-0.1, -0.05) is 0 Å². The van der Waals surface area contributed by atoms with E-state index in [4.69, 9.17) is 4.74 Å². The molecule has 0 saturated heterocycles. The Morgan fingerprint density at radius 3 is 2.65 bits per heavy atom. The summed E-state index contributed by atoms with van der Waals surface area (Å²) in [5.41, 5.74) is 0.664. The number of fused-ring (bicyclic) bond motifs is 1. The SMILES string of the molecule is COC(=O)c1cc(OC)cc2[nH]c(=O)ccc12. The van der Waals surface area contributed by atoms with Gasteiger partial charge in [0.15, 0.2) is 0 Å². The van der Waals surface area contributed by atoms with Gasteiger partial charge >= 0.3 is 5.97 Å². The Kier molecular flexibility index (Phi) is 2.82. The Balaban J connectivity index is 2.80. The van der Waals surface area contributed by atoms with Crippen LogP contribution >= 0.6 is 0 Å². The second-order valence-corrected chi connectivity index (χ2v) is 3.45. The van der Waals surface area contributed by atoms with Gasteiger partial charge in [-0.3, -0.25) is 4.79 Å². The molecule has 2 rings (SSSR count). The van der Waals surface area contributed by atoms with E-state index in [0.717, 1.165) is 0 Å². The highest BCUT2D eigenvalue weighted by atomic mass is 16.5. The highest BCUT2D eigenvalue weighted by Gasteiger charge is 2.12. The lowest BCUT2D eigenvalue weighted by molar-refractivity contribution is 0.0602. The molecule has 1 heterocycles. The molecule has 0 bridgehead atoms. The van der Waals surface area contributed by atoms with Crippen LogP contribution in [0.25, 0.3) is 10.9 Å². The molecule has 0 aliphatic carbocycles. The van der Waals surface area contributed by atoms with E-state index in [-0.39, 0.29) is 5.56 Å². The lowest BCUT2D eigenvalue weighted by Gasteiger charge is -2.07. The molecular formula is C12H11NO4.